The summed E-state index contributed by atoms with van der Waals surface area (Å²) in [5, 5.41) is 13.1. The molecule has 7 nitrogen and oxygen atoms in total. The van der Waals surface area contributed by atoms with Gasteiger partial charge in [-0.15, -0.1) is 0 Å². The molecule has 0 radical (unpaired) electrons. The number of benzene rings is 2. The van der Waals surface area contributed by atoms with Crippen molar-refractivity contribution in [2.45, 2.75) is 50.9 Å². The topological polar surface area (TPSA) is 83.2 Å². The van der Waals surface area contributed by atoms with Gasteiger partial charge in [0, 0.05) is 25.8 Å². The van der Waals surface area contributed by atoms with E-state index in [-0.39, 0.29) is 18.0 Å². The zero-order valence-corrected chi connectivity index (χ0v) is 18.3. The van der Waals surface area contributed by atoms with Gasteiger partial charge < -0.3 is 19.5 Å². The summed E-state index contributed by atoms with van der Waals surface area (Å²) in [4.78, 5) is 19.7. The molecule has 7 heteroatoms. The quantitative estimate of drug-likeness (QED) is 0.578. The Hall–Kier alpha value is -3.63. The number of nitrogens with zero attached hydrogens (tertiary/aromatic N) is 4. The van der Waals surface area contributed by atoms with Gasteiger partial charge in [0.25, 0.3) is 0 Å². The first-order valence-corrected chi connectivity index (χ1v) is 11.6. The number of rotatable bonds is 0. The fraction of sp³-hybridized carbons (Fsp3) is 0.346. The van der Waals surface area contributed by atoms with Gasteiger partial charge >= 0.3 is 0 Å². The first-order valence-electron chi connectivity index (χ1n) is 11.6. The van der Waals surface area contributed by atoms with E-state index in [0.717, 1.165) is 43.5 Å². The highest BCUT2D eigenvalue weighted by Gasteiger charge is 2.38. The highest BCUT2D eigenvalue weighted by Crippen LogP contribution is 2.39. The number of aromatic nitrogens is 2. The highest BCUT2D eigenvalue weighted by molar-refractivity contribution is 5.84. The lowest BCUT2D eigenvalue weighted by Crippen LogP contribution is -2.40. The Morgan fingerprint density at radius 2 is 2.12 bits per heavy atom. The number of carbonyl (C=O) groups excluding carboxylic acids is 1. The zero-order chi connectivity index (χ0) is 22.4. The third-order valence-corrected chi connectivity index (χ3v) is 7.09. The van der Waals surface area contributed by atoms with Crippen molar-refractivity contribution in [2.75, 3.05) is 6.54 Å². The van der Waals surface area contributed by atoms with Gasteiger partial charge in [-0.25, -0.2) is 4.98 Å². The number of nitrogens with one attached hydrogen (secondary N) is 1. The molecule has 166 valence electrons. The fourth-order valence-electron chi connectivity index (χ4n) is 5.37. The standard InChI is InChI=1S/C26H25N5O2/c27-12-19-5-4-17-10-25(19)33-21-7-6-18-2-1-3-24(22(18)11-21)31-9-8-23(26(31)32)29-14-20-13-28-16-30(20)15-17/h4-7,10-11,13,16,23-24,29H,1-3,8-9,14-15H2/t23-,24+/m0/s1. The summed E-state index contributed by atoms with van der Waals surface area (Å²) in [5.74, 6) is 1.42. The molecule has 3 aromatic rings. The largest absolute Gasteiger partial charge is 0.456 e. The molecule has 1 amide bonds. The average molecular weight is 440 g/mol. The third kappa shape index (κ3) is 3.57. The second kappa shape index (κ2) is 8.05. The van der Waals surface area contributed by atoms with E-state index < -0.39 is 0 Å². The summed E-state index contributed by atoms with van der Waals surface area (Å²) in [5.41, 5.74) is 4.99. The summed E-state index contributed by atoms with van der Waals surface area (Å²) in [6, 6.07) is 14.0. The molecule has 0 saturated carbocycles. The number of amides is 1. The second-order valence-corrected chi connectivity index (χ2v) is 9.08. The summed E-state index contributed by atoms with van der Waals surface area (Å²) in [6.45, 7) is 1.94. The third-order valence-electron chi connectivity index (χ3n) is 7.09. The van der Waals surface area contributed by atoms with E-state index in [0.29, 0.717) is 30.2 Å². The summed E-state index contributed by atoms with van der Waals surface area (Å²) in [6.07, 6.45) is 7.49. The molecule has 33 heavy (non-hydrogen) atoms. The predicted octanol–water partition coefficient (Wildman–Crippen LogP) is 3.68. The molecule has 2 atom stereocenters. The Balaban J connectivity index is 1.46. The number of aryl methyl sites for hydroxylation is 1. The van der Waals surface area contributed by atoms with Crippen LogP contribution in [0, 0.1) is 11.3 Å². The normalized spacial score (nSPS) is 21.8. The maximum absolute atomic E-state index is 13.3. The molecular formula is C26H25N5O2. The molecule has 1 fully saturated rings. The van der Waals surface area contributed by atoms with Crippen LogP contribution in [0.25, 0.3) is 0 Å². The van der Waals surface area contributed by atoms with Crippen molar-refractivity contribution < 1.29 is 9.53 Å². The van der Waals surface area contributed by atoms with Crippen LogP contribution in [0.2, 0.25) is 0 Å². The Kier molecular flexibility index (Phi) is 4.88. The molecule has 0 unspecified atom stereocenters. The Morgan fingerprint density at radius 3 is 3.03 bits per heavy atom. The maximum Gasteiger partial charge on any atom is 0.240 e. The number of nitriles is 1. The molecule has 3 heterocycles. The number of imidazole rings is 1. The smallest absolute Gasteiger partial charge is 0.240 e. The van der Waals surface area contributed by atoms with Gasteiger partial charge in [0.1, 0.15) is 17.6 Å². The van der Waals surface area contributed by atoms with E-state index in [1.807, 2.05) is 35.4 Å². The fourth-order valence-corrected chi connectivity index (χ4v) is 5.37. The van der Waals surface area contributed by atoms with Gasteiger partial charge in [-0.3, -0.25) is 4.79 Å². The number of carbonyl (C=O) groups is 1. The summed E-state index contributed by atoms with van der Waals surface area (Å²) < 4.78 is 8.33. The average Bonchev–Trinajstić information content (AvgIpc) is 3.43. The van der Waals surface area contributed by atoms with Crippen LogP contribution in [0.1, 0.15) is 53.3 Å². The molecule has 1 saturated heterocycles. The number of fused-ring (bicyclic) bond motifs is 7. The van der Waals surface area contributed by atoms with Crippen LogP contribution in [-0.2, 0) is 24.3 Å². The molecule has 1 aromatic heterocycles. The van der Waals surface area contributed by atoms with Gasteiger partial charge in [-0.1, -0.05) is 12.1 Å². The van der Waals surface area contributed by atoms with Gasteiger partial charge in [-0.05, 0) is 66.6 Å². The molecule has 6 bridgehead atoms. The molecule has 0 spiro atoms. The van der Waals surface area contributed by atoms with E-state index >= 15 is 0 Å². The molecular weight excluding hydrogens is 414 g/mol. The van der Waals surface area contributed by atoms with Crippen LogP contribution in [0.3, 0.4) is 0 Å². The first-order chi connectivity index (χ1) is 16.2. The lowest BCUT2D eigenvalue weighted by molar-refractivity contribution is -0.131. The van der Waals surface area contributed by atoms with Crippen LogP contribution in [0.15, 0.2) is 48.9 Å². The maximum atomic E-state index is 13.3. The molecule has 3 aliphatic rings. The predicted molar refractivity (Wildman–Crippen MR) is 122 cm³/mol. The second-order valence-electron chi connectivity index (χ2n) is 9.08. The van der Waals surface area contributed by atoms with Crippen molar-refractivity contribution >= 4 is 5.91 Å². The van der Waals surface area contributed by atoms with Gasteiger partial charge in [-0.2, -0.15) is 5.26 Å². The van der Waals surface area contributed by atoms with E-state index in [9.17, 15) is 10.1 Å². The Labute approximate surface area is 192 Å². The molecule has 2 aromatic carbocycles. The molecule has 2 aliphatic heterocycles. The van der Waals surface area contributed by atoms with Crippen LogP contribution < -0.4 is 10.1 Å². The van der Waals surface area contributed by atoms with Crippen molar-refractivity contribution in [3.8, 4) is 17.6 Å². The van der Waals surface area contributed by atoms with Crippen LogP contribution >= 0.6 is 0 Å². The van der Waals surface area contributed by atoms with Gasteiger partial charge in [0.15, 0.2) is 0 Å². The zero-order valence-electron chi connectivity index (χ0n) is 18.3. The Bertz CT molecular complexity index is 1270. The van der Waals surface area contributed by atoms with Crippen molar-refractivity contribution in [2.24, 2.45) is 0 Å². The van der Waals surface area contributed by atoms with Crippen molar-refractivity contribution in [1.29, 1.82) is 5.26 Å². The van der Waals surface area contributed by atoms with Crippen LogP contribution in [0.5, 0.6) is 11.5 Å². The van der Waals surface area contributed by atoms with E-state index in [1.54, 1.807) is 6.33 Å². The minimum atomic E-state index is -0.174. The lowest BCUT2D eigenvalue weighted by atomic mass is 9.86. The minimum absolute atomic E-state index is 0.0665. The SMILES string of the molecule is N#Cc1ccc2cc1Oc1ccc3c(c1)[C@@H](CCC3)N1CC[C@H](NCc3cncn3C2)C1=O. The number of hydrogen-bond acceptors (Lipinski definition) is 5. The van der Waals surface area contributed by atoms with E-state index in [2.05, 4.69) is 33.1 Å². The van der Waals surface area contributed by atoms with Crippen molar-refractivity contribution in [3.63, 3.8) is 0 Å². The molecule has 1 N–H and O–H groups in total. The minimum Gasteiger partial charge on any atom is -0.456 e. The first kappa shape index (κ1) is 20.0. The highest BCUT2D eigenvalue weighted by atomic mass is 16.5. The number of hydrogen-bond donors (Lipinski definition) is 1. The number of ether oxygens (including phenoxy) is 1. The van der Waals surface area contributed by atoms with Gasteiger partial charge in [0.05, 0.1) is 29.7 Å². The molecule has 6 rings (SSSR count). The van der Waals surface area contributed by atoms with Gasteiger partial charge in [0.2, 0.25) is 5.91 Å². The van der Waals surface area contributed by atoms with Crippen LogP contribution in [0.4, 0.5) is 0 Å². The van der Waals surface area contributed by atoms with Crippen molar-refractivity contribution in [1.82, 2.24) is 19.8 Å². The summed E-state index contributed by atoms with van der Waals surface area (Å²) in [7, 11) is 0. The summed E-state index contributed by atoms with van der Waals surface area (Å²) >= 11 is 0. The Morgan fingerprint density at radius 1 is 1.18 bits per heavy atom. The van der Waals surface area contributed by atoms with Crippen molar-refractivity contribution in [3.05, 3.63) is 76.9 Å². The van der Waals surface area contributed by atoms with E-state index in [1.165, 1.54) is 11.1 Å². The monoisotopic (exact) mass is 439 g/mol. The van der Waals surface area contributed by atoms with E-state index in [4.69, 9.17) is 4.74 Å². The lowest BCUT2D eigenvalue weighted by Gasteiger charge is -2.33. The van der Waals surface area contributed by atoms with Crippen LogP contribution in [-0.4, -0.2) is 32.9 Å². The molecule has 1 aliphatic carbocycles.